The maximum Gasteiger partial charge on any atom is 0.263 e. The Morgan fingerprint density at radius 3 is 2.50 bits per heavy atom. The van der Waals surface area contributed by atoms with Gasteiger partial charge in [0.2, 0.25) is 0 Å². The Bertz CT molecular complexity index is 918. The molecule has 0 aliphatic carbocycles. The fraction of sp³-hybridized carbons (Fsp3) is 0.105. The van der Waals surface area contributed by atoms with Crippen molar-refractivity contribution in [3.63, 3.8) is 0 Å². The third-order valence-corrected chi connectivity index (χ3v) is 4.08. The molecule has 0 bridgehead atoms. The molecule has 0 aromatic heterocycles. The number of nitrogens with one attached hydrogen (secondary N) is 2. The third-order valence-electron chi connectivity index (χ3n) is 3.88. The summed E-state index contributed by atoms with van der Waals surface area (Å²) in [5, 5.41) is 4.77. The predicted molar refractivity (Wildman–Crippen MR) is 99.1 cm³/mol. The van der Waals surface area contributed by atoms with Crippen LogP contribution in [0.15, 0.2) is 48.0 Å². The molecule has 3 rings (SSSR count). The highest BCUT2D eigenvalue weighted by molar-refractivity contribution is 7.80. The molecule has 132 valence electrons. The Morgan fingerprint density at radius 1 is 1.12 bits per heavy atom. The van der Waals surface area contributed by atoms with E-state index in [4.69, 9.17) is 17.0 Å². The molecule has 5 nitrogen and oxygen atoms in total. The summed E-state index contributed by atoms with van der Waals surface area (Å²) in [5.74, 6) is -0.834. The summed E-state index contributed by atoms with van der Waals surface area (Å²) in [6.45, 7) is 0. The van der Waals surface area contributed by atoms with Crippen molar-refractivity contribution in [2.45, 2.75) is 6.42 Å². The first-order valence-electron chi connectivity index (χ1n) is 7.76. The molecule has 0 atom stereocenters. The van der Waals surface area contributed by atoms with Gasteiger partial charge < -0.3 is 4.74 Å². The van der Waals surface area contributed by atoms with Crippen molar-refractivity contribution in [1.82, 2.24) is 10.6 Å². The van der Waals surface area contributed by atoms with E-state index in [-0.39, 0.29) is 16.5 Å². The summed E-state index contributed by atoms with van der Waals surface area (Å²) in [6.07, 6.45) is 1.90. The highest BCUT2D eigenvalue weighted by Crippen LogP contribution is 2.23. The zero-order valence-corrected chi connectivity index (χ0v) is 14.7. The Morgan fingerprint density at radius 2 is 1.85 bits per heavy atom. The highest BCUT2D eigenvalue weighted by atomic mass is 32.1. The normalized spacial score (nSPS) is 13.9. The number of rotatable bonds is 4. The minimum atomic E-state index is -0.564. The number of halogens is 1. The first-order chi connectivity index (χ1) is 12.5. The Labute approximate surface area is 154 Å². The Kier molecular flexibility index (Phi) is 5.09. The second kappa shape index (κ2) is 7.45. The lowest BCUT2D eigenvalue weighted by Gasteiger charge is -2.17. The summed E-state index contributed by atoms with van der Waals surface area (Å²) in [4.78, 5) is 24.1. The molecule has 1 fully saturated rings. The van der Waals surface area contributed by atoms with Gasteiger partial charge in [-0.3, -0.25) is 20.2 Å². The fourth-order valence-corrected chi connectivity index (χ4v) is 2.82. The predicted octanol–water partition coefficient (Wildman–Crippen LogP) is 2.34. The van der Waals surface area contributed by atoms with Crippen LogP contribution in [0.2, 0.25) is 0 Å². The van der Waals surface area contributed by atoms with E-state index in [9.17, 15) is 14.0 Å². The molecule has 2 aromatic rings. The number of carbonyl (C=O) groups excluding carboxylic acids is 2. The van der Waals surface area contributed by atoms with Gasteiger partial charge in [0.15, 0.2) is 5.11 Å². The summed E-state index contributed by atoms with van der Waals surface area (Å²) in [6, 6.07) is 11.5. The van der Waals surface area contributed by atoms with Crippen LogP contribution in [0.5, 0.6) is 5.75 Å². The first kappa shape index (κ1) is 17.8. The molecule has 0 unspecified atom stereocenters. The molecule has 26 heavy (non-hydrogen) atoms. The van der Waals surface area contributed by atoms with Crippen LogP contribution in [-0.4, -0.2) is 24.0 Å². The monoisotopic (exact) mass is 370 g/mol. The minimum Gasteiger partial charge on any atom is -0.497 e. The smallest absolute Gasteiger partial charge is 0.263 e. The molecule has 0 saturated carbocycles. The SMILES string of the molecule is COc1ccc(C=C2C(=O)NC(=S)NC2=O)c(Cc2cccc(F)c2)c1. The maximum atomic E-state index is 13.5. The molecule has 2 N–H and O–H groups in total. The largest absolute Gasteiger partial charge is 0.497 e. The van der Waals surface area contributed by atoms with E-state index in [0.29, 0.717) is 17.7 Å². The molecule has 0 radical (unpaired) electrons. The van der Waals surface area contributed by atoms with Crippen molar-refractivity contribution >= 4 is 35.2 Å². The van der Waals surface area contributed by atoms with Crippen LogP contribution in [0.4, 0.5) is 4.39 Å². The van der Waals surface area contributed by atoms with E-state index < -0.39 is 11.8 Å². The lowest BCUT2D eigenvalue weighted by atomic mass is 9.97. The van der Waals surface area contributed by atoms with Gasteiger partial charge in [0.1, 0.15) is 17.1 Å². The van der Waals surface area contributed by atoms with E-state index in [1.165, 1.54) is 18.2 Å². The number of ether oxygens (including phenoxy) is 1. The molecule has 1 aliphatic rings. The summed E-state index contributed by atoms with van der Waals surface area (Å²) in [5.41, 5.74) is 2.15. The zero-order valence-electron chi connectivity index (χ0n) is 13.8. The van der Waals surface area contributed by atoms with Crippen molar-refractivity contribution in [2.24, 2.45) is 0 Å². The van der Waals surface area contributed by atoms with Gasteiger partial charge in [-0.2, -0.15) is 0 Å². The molecule has 1 saturated heterocycles. The van der Waals surface area contributed by atoms with Crippen LogP contribution >= 0.6 is 12.2 Å². The van der Waals surface area contributed by atoms with Gasteiger partial charge in [-0.1, -0.05) is 18.2 Å². The van der Waals surface area contributed by atoms with Crippen LogP contribution in [0, 0.1) is 5.82 Å². The van der Waals surface area contributed by atoms with Crippen molar-refractivity contribution in [2.75, 3.05) is 7.11 Å². The molecular formula is C19H15FN2O3S. The van der Waals surface area contributed by atoms with Crippen molar-refractivity contribution in [1.29, 1.82) is 0 Å². The van der Waals surface area contributed by atoms with Gasteiger partial charge in [0.25, 0.3) is 11.8 Å². The van der Waals surface area contributed by atoms with Crippen LogP contribution in [0.3, 0.4) is 0 Å². The second-order valence-electron chi connectivity index (χ2n) is 5.67. The Balaban J connectivity index is 2.01. The number of hydrogen-bond donors (Lipinski definition) is 2. The molecular weight excluding hydrogens is 355 g/mol. The maximum absolute atomic E-state index is 13.5. The fourth-order valence-electron chi connectivity index (χ4n) is 2.63. The second-order valence-corrected chi connectivity index (χ2v) is 6.08. The Hall–Kier alpha value is -3.06. The molecule has 7 heteroatoms. The minimum absolute atomic E-state index is 0.0214. The highest BCUT2D eigenvalue weighted by Gasteiger charge is 2.26. The van der Waals surface area contributed by atoms with Gasteiger partial charge in [-0.05, 0) is 65.7 Å². The number of benzene rings is 2. The number of amides is 2. The third kappa shape index (κ3) is 3.94. The quantitative estimate of drug-likeness (QED) is 0.493. The number of methoxy groups -OCH3 is 1. The first-order valence-corrected chi connectivity index (χ1v) is 8.17. The van der Waals surface area contributed by atoms with Gasteiger partial charge >= 0.3 is 0 Å². The van der Waals surface area contributed by atoms with Crippen LogP contribution in [-0.2, 0) is 16.0 Å². The van der Waals surface area contributed by atoms with E-state index in [1.54, 1.807) is 37.4 Å². The van der Waals surface area contributed by atoms with Gasteiger partial charge in [0, 0.05) is 0 Å². The summed E-state index contributed by atoms with van der Waals surface area (Å²) < 4.78 is 18.7. The topological polar surface area (TPSA) is 67.4 Å². The summed E-state index contributed by atoms with van der Waals surface area (Å²) >= 11 is 4.79. The molecule has 2 amide bonds. The van der Waals surface area contributed by atoms with Crippen molar-refractivity contribution in [3.8, 4) is 5.75 Å². The number of thiocarbonyl (C=S) groups is 1. The number of carbonyl (C=O) groups is 2. The zero-order chi connectivity index (χ0) is 18.7. The number of hydrogen-bond acceptors (Lipinski definition) is 4. The average molecular weight is 370 g/mol. The van der Waals surface area contributed by atoms with Crippen molar-refractivity contribution < 1.29 is 18.7 Å². The van der Waals surface area contributed by atoms with E-state index in [2.05, 4.69) is 10.6 Å². The van der Waals surface area contributed by atoms with Gasteiger partial charge in [-0.25, -0.2) is 4.39 Å². The van der Waals surface area contributed by atoms with Gasteiger partial charge in [-0.15, -0.1) is 0 Å². The summed E-state index contributed by atoms with van der Waals surface area (Å²) in [7, 11) is 1.54. The van der Waals surface area contributed by atoms with Crippen LogP contribution in [0.1, 0.15) is 16.7 Å². The molecule has 2 aromatic carbocycles. The van der Waals surface area contributed by atoms with E-state index in [1.807, 2.05) is 0 Å². The van der Waals surface area contributed by atoms with E-state index >= 15 is 0 Å². The van der Waals surface area contributed by atoms with Crippen LogP contribution < -0.4 is 15.4 Å². The van der Waals surface area contributed by atoms with Gasteiger partial charge in [0.05, 0.1) is 7.11 Å². The van der Waals surface area contributed by atoms with Crippen LogP contribution in [0.25, 0.3) is 6.08 Å². The average Bonchev–Trinajstić information content (AvgIpc) is 2.59. The standard InChI is InChI=1S/C19H15FN2O3S/c1-25-15-6-5-12(10-16-17(23)21-19(26)22-18(16)24)13(9-15)7-11-3-2-4-14(20)8-11/h2-6,8-10H,7H2,1H3,(H2,21,22,23,24,26). The molecule has 1 heterocycles. The van der Waals surface area contributed by atoms with E-state index in [0.717, 1.165) is 11.1 Å². The van der Waals surface area contributed by atoms with Crippen molar-refractivity contribution in [3.05, 3.63) is 70.5 Å². The molecule has 1 aliphatic heterocycles. The lowest BCUT2D eigenvalue weighted by molar-refractivity contribution is -0.123. The lowest BCUT2D eigenvalue weighted by Crippen LogP contribution is -2.51. The molecule has 0 spiro atoms.